The third-order valence-corrected chi connectivity index (χ3v) is 3.97. The molecule has 0 fully saturated rings. The number of urea groups is 1. The second-order valence-electron chi connectivity index (χ2n) is 5.96. The fourth-order valence-corrected chi connectivity index (χ4v) is 2.82. The van der Waals surface area contributed by atoms with Crippen molar-refractivity contribution < 1.29 is 9.53 Å². The quantitative estimate of drug-likeness (QED) is 0.892. The highest BCUT2D eigenvalue weighted by molar-refractivity contribution is 5.74. The maximum absolute atomic E-state index is 12.0. The summed E-state index contributed by atoms with van der Waals surface area (Å²) in [6, 6.07) is 16.1. The average molecular weight is 310 g/mol. The van der Waals surface area contributed by atoms with E-state index in [-0.39, 0.29) is 12.1 Å². The summed E-state index contributed by atoms with van der Waals surface area (Å²) in [6.07, 6.45) is 1.79. The van der Waals surface area contributed by atoms with Crippen molar-refractivity contribution >= 4 is 6.03 Å². The predicted molar refractivity (Wildman–Crippen MR) is 90.6 cm³/mol. The van der Waals surface area contributed by atoms with Crippen LogP contribution in [0.4, 0.5) is 4.79 Å². The highest BCUT2D eigenvalue weighted by Gasteiger charge is 2.14. The zero-order valence-electron chi connectivity index (χ0n) is 13.3. The molecule has 0 aromatic heterocycles. The van der Waals surface area contributed by atoms with E-state index in [4.69, 9.17) is 4.74 Å². The minimum Gasteiger partial charge on any atom is -0.493 e. The maximum Gasteiger partial charge on any atom is 0.315 e. The molecule has 1 unspecified atom stereocenters. The number of nitrogens with one attached hydrogen (secondary N) is 2. The number of fused-ring (bicyclic) bond motifs is 1. The lowest BCUT2D eigenvalue weighted by Gasteiger charge is -2.15. The fourth-order valence-electron chi connectivity index (χ4n) is 2.82. The second-order valence-corrected chi connectivity index (χ2v) is 5.96. The summed E-state index contributed by atoms with van der Waals surface area (Å²) in [5, 5.41) is 5.87. The largest absolute Gasteiger partial charge is 0.493 e. The standard InChI is InChI=1S/C19H22N2O2/c1-14(11-16-7-8-18-17(12-16)9-10-23-18)21-19(22)20-13-15-5-3-2-4-6-15/h2-8,12,14H,9-11,13H2,1H3,(H2,20,21,22). The Morgan fingerprint density at radius 3 is 2.83 bits per heavy atom. The van der Waals surface area contributed by atoms with Gasteiger partial charge in [-0.25, -0.2) is 4.79 Å². The molecule has 3 rings (SSSR count). The molecule has 0 saturated carbocycles. The predicted octanol–water partition coefficient (Wildman–Crippen LogP) is 3.05. The molecule has 0 radical (unpaired) electrons. The summed E-state index contributed by atoms with van der Waals surface area (Å²) in [5.74, 6) is 0.995. The van der Waals surface area contributed by atoms with Gasteiger partial charge in [-0.2, -0.15) is 0 Å². The lowest BCUT2D eigenvalue weighted by molar-refractivity contribution is 0.237. The van der Waals surface area contributed by atoms with Gasteiger partial charge in [-0.05, 0) is 36.1 Å². The third-order valence-electron chi connectivity index (χ3n) is 3.97. The number of amides is 2. The normalized spacial score (nSPS) is 13.8. The molecule has 0 saturated heterocycles. The summed E-state index contributed by atoms with van der Waals surface area (Å²) in [4.78, 5) is 12.0. The first-order valence-electron chi connectivity index (χ1n) is 8.03. The molecule has 2 aromatic carbocycles. The van der Waals surface area contributed by atoms with Crippen molar-refractivity contribution in [1.82, 2.24) is 10.6 Å². The van der Waals surface area contributed by atoms with Crippen LogP contribution in [0.3, 0.4) is 0 Å². The Kier molecular flexibility index (Phi) is 4.81. The Balaban J connectivity index is 1.47. The van der Waals surface area contributed by atoms with Gasteiger partial charge in [0, 0.05) is 19.0 Å². The minimum atomic E-state index is -0.133. The van der Waals surface area contributed by atoms with E-state index in [0.29, 0.717) is 6.54 Å². The van der Waals surface area contributed by atoms with Crippen LogP contribution in [-0.2, 0) is 19.4 Å². The van der Waals surface area contributed by atoms with Crippen molar-refractivity contribution in [3.05, 3.63) is 65.2 Å². The van der Waals surface area contributed by atoms with Crippen molar-refractivity contribution in [3.8, 4) is 5.75 Å². The molecule has 2 amide bonds. The lowest BCUT2D eigenvalue weighted by atomic mass is 10.0. The van der Waals surface area contributed by atoms with Crippen LogP contribution in [0.1, 0.15) is 23.6 Å². The van der Waals surface area contributed by atoms with Crippen molar-refractivity contribution in [2.45, 2.75) is 32.4 Å². The Hall–Kier alpha value is -2.49. The molecule has 23 heavy (non-hydrogen) atoms. The summed E-state index contributed by atoms with van der Waals surface area (Å²) in [6.45, 7) is 3.33. The number of carbonyl (C=O) groups excluding carboxylic acids is 1. The van der Waals surface area contributed by atoms with Gasteiger partial charge >= 0.3 is 6.03 Å². The molecule has 4 nitrogen and oxygen atoms in total. The van der Waals surface area contributed by atoms with Gasteiger partial charge in [-0.1, -0.05) is 42.5 Å². The van der Waals surface area contributed by atoms with Crippen LogP contribution in [0.2, 0.25) is 0 Å². The first-order valence-corrected chi connectivity index (χ1v) is 8.03. The molecule has 1 heterocycles. The molecule has 1 aliphatic rings. The van der Waals surface area contributed by atoms with Crippen LogP contribution in [-0.4, -0.2) is 18.7 Å². The topological polar surface area (TPSA) is 50.4 Å². The molecular formula is C19H22N2O2. The van der Waals surface area contributed by atoms with E-state index in [1.807, 2.05) is 43.3 Å². The van der Waals surface area contributed by atoms with Gasteiger partial charge in [0.15, 0.2) is 0 Å². The molecule has 0 spiro atoms. The van der Waals surface area contributed by atoms with E-state index in [2.05, 4.69) is 22.8 Å². The number of ether oxygens (including phenoxy) is 1. The van der Waals surface area contributed by atoms with Gasteiger partial charge in [0.25, 0.3) is 0 Å². The van der Waals surface area contributed by atoms with Gasteiger partial charge < -0.3 is 15.4 Å². The number of hydrogen-bond donors (Lipinski definition) is 2. The van der Waals surface area contributed by atoms with Crippen LogP contribution in [0.5, 0.6) is 5.75 Å². The highest BCUT2D eigenvalue weighted by atomic mass is 16.5. The molecule has 0 aliphatic carbocycles. The minimum absolute atomic E-state index is 0.0751. The monoisotopic (exact) mass is 310 g/mol. The van der Waals surface area contributed by atoms with Crippen molar-refractivity contribution in [1.29, 1.82) is 0 Å². The molecule has 1 aliphatic heterocycles. The molecular weight excluding hydrogens is 288 g/mol. The smallest absolute Gasteiger partial charge is 0.315 e. The Bertz CT molecular complexity index is 670. The first kappa shape index (κ1) is 15.4. The van der Waals surface area contributed by atoms with E-state index < -0.39 is 0 Å². The van der Waals surface area contributed by atoms with Gasteiger partial charge in [-0.15, -0.1) is 0 Å². The molecule has 2 N–H and O–H groups in total. The Morgan fingerprint density at radius 1 is 1.17 bits per heavy atom. The van der Waals surface area contributed by atoms with Crippen LogP contribution in [0.25, 0.3) is 0 Å². The molecule has 2 aromatic rings. The van der Waals surface area contributed by atoms with Crippen LogP contribution >= 0.6 is 0 Å². The number of hydrogen-bond acceptors (Lipinski definition) is 2. The van der Waals surface area contributed by atoms with E-state index in [1.54, 1.807) is 0 Å². The van der Waals surface area contributed by atoms with Gasteiger partial charge in [0.2, 0.25) is 0 Å². The number of rotatable bonds is 5. The SMILES string of the molecule is CC(Cc1ccc2c(c1)CCO2)NC(=O)NCc1ccccc1. The maximum atomic E-state index is 12.0. The lowest BCUT2D eigenvalue weighted by Crippen LogP contribution is -2.41. The number of carbonyl (C=O) groups is 1. The average Bonchev–Trinajstić information content (AvgIpc) is 3.01. The van der Waals surface area contributed by atoms with Gasteiger partial charge in [0.05, 0.1) is 6.61 Å². The van der Waals surface area contributed by atoms with E-state index in [9.17, 15) is 4.79 Å². The van der Waals surface area contributed by atoms with Crippen molar-refractivity contribution in [3.63, 3.8) is 0 Å². The number of benzene rings is 2. The van der Waals surface area contributed by atoms with E-state index in [0.717, 1.165) is 30.8 Å². The molecule has 0 bridgehead atoms. The van der Waals surface area contributed by atoms with Crippen molar-refractivity contribution in [2.24, 2.45) is 0 Å². The molecule has 4 heteroatoms. The van der Waals surface area contributed by atoms with E-state index in [1.165, 1.54) is 11.1 Å². The second kappa shape index (κ2) is 7.18. The molecule has 1 atom stereocenters. The Labute approximate surface area is 136 Å². The van der Waals surface area contributed by atoms with Crippen LogP contribution < -0.4 is 15.4 Å². The van der Waals surface area contributed by atoms with E-state index >= 15 is 0 Å². The first-order chi connectivity index (χ1) is 11.2. The zero-order chi connectivity index (χ0) is 16.1. The summed E-state index contributed by atoms with van der Waals surface area (Å²) >= 11 is 0. The van der Waals surface area contributed by atoms with Crippen LogP contribution in [0.15, 0.2) is 48.5 Å². The molecule has 120 valence electrons. The van der Waals surface area contributed by atoms with Gasteiger partial charge in [0.1, 0.15) is 5.75 Å². The van der Waals surface area contributed by atoms with Crippen LogP contribution in [0, 0.1) is 0 Å². The highest BCUT2D eigenvalue weighted by Crippen LogP contribution is 2.26. The summed E-state index contributed by atoms with van der Waals surface area (Å²) < 4.78 is 5.52. The summed E-state index contributed by atoms with van der Waals surface area (Å²) in [5.41, 5.74) is 3.59. The summed E-state index contributed by atoms with van der Waals surface area (Å²) in [7, 11) is 0. The Morgan fingerprint density at radius 2 is 2.00 bits per heavy atom. The zero-order valence-corrected chi connectivity index (χ0v) is 13.3. The van der Waals surface area contributed by atoms with Crippen molar-refractivity contribution in [2.75, 3.05) is 6.61 Å². The third kappa shape index (κ3) is 4.25. The fraction of sp³-hybridized carbons (Fsp3) is 0.316. The van der Waals surface area contributed by atoms with Gasteiger partial charge in [-0.3, -0.25) is 0 Å².